The highest BCUT2D eigenvalue weighted by molar-refractivity contribution is 5.34. The van der Waals surface area contributed by atoms with Crippen LogP contribution in [0.25, 0.3) is 0 Å². The van der Waals surface area contributed by atoms with Crippen LogP contribution in [0.15, 0.2) is 66.9 Å². The minimum absolute atomic E-state index is 0.605. The number of rotatable bonds is 4. The summed E-state index contributed by atoms with van der Waals surface area (Å²) in [6.07, 6.45) is 4.44. The average Bonchev–Trinajstić information content (AvgIpc) is 2.18. The molecule has 0 saturated heterocycles. The van der Waals surface area contributed by atoms with Gasteiger partial charge in [0.15, 0.2) is 0 Å². The van der Waals surface area contributed by atoms with E-state index < -0.39 is 0 Å². The highest BCUT2D eigenvalue weighted by atomic mass is 14.6. The van der Waals surface area contributed by atoms with Crippen LogP contribution in [0.3, 0.4) is 0 Å². The summed E-state index contributed by atoms with van der Waals surface area (Å²) in [5, 5.41) is 0. The van der Waals surface area contributed by atoms with Crippen LogP contribution in [-0.4, -0.2) is 0 Å². The van der Waals surface area contributed by atoms with Gasteiger partial charge in [0.2, 0.25) is 0 Å². The lowest BCUT2D eigenvalue weighted by Crippen LogP contribution is -2.02. The van der Waals surface area contributed by atoms with Gasteiger partial charge in [0.1, 0.15) is 0 Å². The van der Waals surface area contributed by atoms with Crippen LogP contribution in [0.2, 0.25) is 0 Å². The summed E-state index contributed by atoms with van der Waals surface area (Å²) >= 11 is 0. The molecule has 2 N–H and O–H groups in total. The Bertz CT molecular complexity index is 347. The molecule has 1 aromatic carbocycles. The van der Waals surface area contributed by atoms with E-state index in [4.69, 9.17) is 5.73 Å². The van der Waals surface area contributed by atoms with Crippen LogP contribution in [0.1, 0.15) is 5.56 Å². The molecule has 0 radical (unpaired) electrons. The van der Waals surface area contributed by atoms with Gasteiger partial charge < -0.3 is 5.73 Å². The zero-order valence-electron chi connectivity index (χ0n) is 8.24. The molecular weight excluding hydrogens is 170 g/mol. The fraction of sp³-hybridized carbons (Fsp3) is 0.0769. The molecular formula is C13H15N. The molecule has 72 valence electrons. The summed E-state index contributed by atoms with van der Waals surface area (Å²) in [5.41, 5.74) is 8.51. The SMILES string of the molecule is C=C/C=C(/Cc1ccccc1)C(=C)N. The number of hydrogen-bond donors (Lipinski definition) is 1. The van der Waals surface area contributed by atoms with Gasteiger partial charge in [-0.2, -0.15) is 0 Å². The van der Waals surface area contributed by atoms with Crippen molar-refractivity contribution in [3.63, 3.8) is 0 Å². The van der Waals surface area contributed by atoms with Crippen molar-refractivity contribution in [3.8, 4) is 0 Å². The Morgan fingerprint density at radius 2 is 1.93 bits per heavy atom. The van der Waals surface area contributed by atoms with Crippen LogP contribution >= 0.6 is 0 Å². The van der Waals surface area contributed by atoms with Gasteiger partial charge in [-0.25, -0.2) is 0 Å². The summed E-state index contributed by atoms with van der Waals surface area (Å²) in [6.45, 7) is 7.38. The van der Waals surface area contributed by atoms with E-state index in [1.165, 1.54) is 5.56 Å². The molecule has 1 rings (SSSR count). The van der Waals surface area contributed by atoms with Gasteiger partial charge in [-0.3, -0.25) is 0 Å². The predicted octanol–water partition coefficient (Wildman–Crippen LogP) is 2.81. The van der Waals surface area contributed by atoms with Gasteiger partial charge in [-0.15, -0.1) is 0 Å². The van der Waals surface area contributed by atoms with Crippen LogP contribution in [-0.2, 0) is 6.42 Å². The van der Waals surface area contributed by atoms with E-state index in [-0.39, 0.29) is 0 Å². The Balaban J connectivity index is 2.80. The molecule has 0 saturated carbocycles. The maximum absolute atomic E-state index is 5.66. The second-order valence-electron chi connectivity index (χ2n) is 3.12. The first-order valence-electron chi connectivity index (χ1n) is 4.54. The molecule has 14 heavy (non-hydrogen) atoms. The third-order valence-electron chi connectivity index (χ3n) is 1.97. The molecule has 0 aliphatic heterocycles. The van der Waals surface area contributed by atoms with Crippen molar-refractivity contribution in [3.05, 3.63) is 72.5 Å². The van der Waals surface area contributed by atoms with Gasteiger partial charge in [-0.1, -0.05) is 55.6 Å². The molecule has 0 bridgehead atoms. The normalized spacial score (nSPS) is 11.0. The van der Waals surface area contributed by atoms with E-state index >= 15 is 0 Å². The van der Waals surface area contributed by atoms with E-state index in [1.54, 1.807) is 6.08 Å². The lowest BCUT2D eigenvalue weighted by atomic mass is 10.0. The fourth-order valence-corrected chi connectivity index (χ4v) is 1.24. The van der Waals surface area contributed by atoms with Crippen LogP contribution in [0.4, 0.5) is 0 Å². The minimum atomic E-state index is 0.605. The summed E-state index contributed by atoms with van der Waals surface area (Å²) in [5.74, 6) is 0. The quantitative estimate of drug-likeness (QED) is 0.717. The molecule has 0 atom stereocenters. The lowest BCUT2D eigenvalue weighted by Gasteiger charge is -2.05. The average molecular weight is 185 g/mol. The Morgan fingerprint density at radius 3 is 2.43 bits per heavy atom. The van der Waals surface area contributed by atoms with Gasteiger partial charge in [0, 0.05) is 5.70 Å². The second-order valence-corrected chi connectivity index (χ2v) is 3.12. The molecule has 1 nitrogen and oxygen atoms in total. The molecule has 0 spiro atoms. The summed E-state index contributed by atoms with van der Waals surface area (Å²) in [7, 11) is 0. The number of benzene rings is 1. The first kappa shape index (κ1) is 10.3. The first-order valence-corrected chi connectivity index (χ1v) is 4.54. The number of allylic oxidation sites excluding steroid dienone is 3. The standard InChI is InChI=1S/C13H15N/c1-3-7-13(11(2)14)10-12-8-5-4-6-9-12/h3-9H,1-2,10,14H2/b13-7-. The molecule has 0 amide bonds. The molecule has 0 heterocycles. The topological polar surface area (TPSA) is 26.0 Å². The van der Waals surface area contributed by atoms with E-state index in [0.29, 0.717) is 5.70 Å². The Morgan fingerprint density at radius 1 is 1.29 bits per heavy atom. The molecule has 1 aromatic rings. The van der Waals surface area contributed by atoms with Gasteiger partial charge in [0.05, 0.1) is 0 Å². The summed E-state index contributed by atoms with van der Waals surface area (Å²) in [6, 6.07) is 10.2. The Kier molecular flexibility index (Phi) is 3.74. The van der Waals surface area contributed by atoms with Crippen molar-refractivity contribution in [2.75, 3.05) is 0 Å². The first-order chi connectivity index (χ1) is 6.74. The van der Waals surface area contributed by atoms with Crippen molar-refractivity contribution < 1.29 is 0 Å². The van der Waals surface area contributed by atoms with Crippen molar-refractivity contribution in [1.82, 2.24) is 0 Å². The maximum Gasteiger partial charge on any atom is 0.0276 e. The molecule has 1 heteroatoms. The number of hydrogen-bond acceptors (Lipinski definition) is 1. The highest BCUT2D eigenvalue weighted by Crippen LogP contribution is 2.11. The molecule has 0 fully saturated rings. The Labute approximate surface area is 85.3 Å². The fourth-order valence-electron chi connectivity index (χ4n) is 1.24. The van der Waals surface area contributed by atoms with Crippen molar-refractivity contribution in [2.24, 2.45) is 5.73 Å². The molecule has 0 aliphatic rings. The van der Waals surface area contributed by atoms with Gasteiger partial charge >= 0.3 is 0 Å². The van der Waals surface area contributed by atoms with Crippen molar-refractivity contribution in [1.29, 1.82) is 0 Å². The lowest BCUT2D eigenvalue weighted by molar-refractivity contribution is 1.13. The summed E-state index contributed by atoms with van der Waals surface area (Å²) < 4.78 is 0. The van der Waals surface area contributed by atoms with E-state index in [9.17, 15) is 0 Å². The van der Waals surface area contributed by atoms with E-state index in [2.05, 4.69) is 25.3 Å². The van der Waals surface area contributed by atoms with Crippen LogP contribution in [0, 0.1) is 0 Å². The third-order valence-corrected chi connectivity index (χ3v) is 1.97. The summed E-state index contributed by atoms with van der Waals surface area (Å²) in [4.78, 5) is 0. The molecule has 0 unspecified atom stereocenters. The van der Waals surface area contributed by atoms with Crippen molar-refractivity contribution >= 4 is 0 Å². The second kappa shape index (κ2) is 5.07. The monoisotopic (exact) mass is 185 g/mol. The zero-order chi connectivity index (χ0) is 10.4. The zero-order valence-corrected chi connectivity index (χ0v) is 8.24. The third kappa shape index (κ3) is 2.94. The van der Waals surface area contributed by atoms with Crippen molar-refractivity contribution in [2.45, 2.75) is 6.42 Å². The highest BCUT2D eigenvalue weighted by Gasteiger charge is 1.99. The van der Waals surface area contributed by atoms with Gasteiger partial charge in [0.25, 0.3) is 0 Å². The molecule has 0 aromatic heterocycles. The smallest absolute Gasteiger partial charge is 0.0276 e. The molecule has 0 aliphatic carbocycles. The Hall–Kier alpha value is -1.76. The minimum Gasteiger partial charge on any atom is -0.399 e. The maximum atomic E-state index is 5.66. The number of nitrogens with two attached hydrogens (primary N) is 1. The van der Waals surface area contributed by atoms with E-state index in [1.807, 2.05) is 24.3 Å². The largest absolute Gasteiger partial charge is 0.399 e. The van der Waals surface area contributed by atoms with Crippen LogP contribution in [0.5, 0.6) is 0 Å². The van der Waals surface area contributed by atoms with Gasteiger partial charge in [-0.05, 0) is 17.6 Å². The predicted molar refractivity (Wildman–Crippen MR) is 61.8 cm³/mol. The van der Waals surface area contributed by atoms with E-state index in [0.717, 1.165) is 12.0 Å². The van der Waals surface area contributed by atoms with Crippen LogP contribution < -0.4 is 5.73 Å².